The summed E-state index contributed by atoms with van der Waals surface area (Å²) < 4.78 is 372. The number of aliphatic hydroxyl groups is 2. The smallest absolute Gasteiger partial charge is 0.416 e. The number of halogens is 9. The number of fused-ring (bicyclic) bond motifs is 1. The minimum atomic E-state index is -4.94. The Morgan fingerprint density at radius 2 is 1.06 bits per heavy atom. The highest BCUT2D eigenvalue weighted by molar-refractivity contribution is 14.1. The fourth-order valence-electron chi connectivity index (χ4n) is 8.68. The number of nitrogens with one attached hydrogen (secondary N) is 2. The van der Waals surface area contributed by atoms with Crippen LogP contribution < -0.4 is 10.6 Å². The van der Waals surface area contributed by atoms with E-state index >= 15 is 0 Å². The molecule has 8 aromatic carbocycles. The summed E-state index contributed by atoms with van der Waals surface area (Å²) in [6, 6.07) is 41.2. The van der Waals surface area contributed by atoms with Crippen molar-refractivity contribution in [3.05, 3.63) is 252 Å². The zero-order valence-electron chi connectivity index (χ0n) is 87.1. The molecule has 31 heteroatoms. The largest absolute Gasteiger partial charge is 0.444 e. The van der Waals surface area contributed by atoms with Crippen molar-refractivity contribution in [1.82, 2.24) is 15.2 Å². The maximum Gasteiger partial charge on any atom is 0.416 e. The quantitative estimate of drug-likeness (QED) is 0.0139. The van der Waals surface area contributed by atoms with Crippen molar-refractivity contribution in [2.45, 2.75) is 128 Å². The number of amides is 2. The second-order valence-electron chi connectivity index (χ2n) is 22.3. The molecular weight excluding hydrogens is 1860 g/mol. The Balaban J connectivity index is 0.000000455. The normalized spacial score (nSPS) is 17.5. The molecule has 9 rings (SSSR count). The highest BCUT2D eigenvalue weighted by Crippen LogP contribution is 2.36. The van der Waals surface area contributed by atoms with Crippen LogP contribution in [0.15, 0.2) is 237 Å². The lowest BCUT2D eigenvalue weighted by Gasteiger charge is -2.23. The van der Waals surface area contributed by atoms with Crippen LogP contribution in [0.3, 0.4) is 0 Å². The topological polar surface area (TPSA) is 249 Å². The van der Waals surface area contributed by atoms with E-state index in [0.717, 1.165) is 68.4 Å². The fourth-order valence-corrected chi connectivity index (χ4v) is 12.6. The number of aliphatic hydroxyl groups excluding tert-OH is 2. The Kier molecular flexibility index (Phi) is 25.6. The van der Waals surface area contributed by atoms with E-state index in [4.69, 9.17) is 57.5 Å². The van der Waals surface area contributed by atoms with Gasteiger partial charge in [0, 0.05) is 97.9 Å². The van der Waals surface area contributed by atoms with E-state index < -0.39 is 184 Å². The Morgan fingerprint density at radius 3 is 1.46 bits per heavy atom. The van der Waals surface area contributed by atoms with Gasteiger partial charge < -0.3 is 30.2 Å². The van der Waals surface area contributed by atoms with E-state index in [-0.39, 0.29) is 44.5 Å². The number of rotatable bonds is 22. The van der Waals surface area contributed by atoms with Crippen molar-refractivity contribution < 1.29 is 117 Å². The number of alkyl halides is 5. The van der Waals surface area contributed by atoms with Gasteiger partial charge in [0.25, 0.3) is 5.91 Å². The first-order chi connectivity index (χ1) is 62.6. The van der Waals surface area contributed by atoms with E-state index in [1.807, 2.05) is 24.3 Å². The van der Waals surface area contributed by atoms with Crippen LogP contribution in [0, 0.1) is 0 Å². The molecule has 16 nitrogen and oxygen atoms in total. The molecule has 2 amide bonds. The van der Waals surface area contributed by atoms with Gasteiger partial charge in [-0.2, -0.15) is 13.2 Å². The summed E-state index contributed by atoms with van der Waals surface area (Å²) in [5.41, 5.74) is -15.5. The molecule has 4 N–H and O–H groups in total. The number of hydrogen-bond acceptors (Lipinski definition) is 15. The molecule has 1 aromatic heterocycles. The average Bonchev–Trinajstić information content (AvgIpc) is 1.26. The molecule has 0 aliphatic rings. The number of ether oxygens (including phenoxy) is 1. The van der Waals surface area contributed by atoms with Gasteiger partial charge in [-0.05, 0) is 199 Å². The minimum Gasteiger partial charge on any atom is -0.444 e. The van der Waals surface area contributed by atoms with Crippen LogP contribution in [0.5, 0.6) is 0 Å². The minimum absolute atomic E-state index is 0.0723. The first-order valence-corrected chi connectivity index (χ1v) is 41.5. The van der Waals surface area contributed by atoms with E-state index in [9.17, 15) is 71.0 Å². The molecular formula is C78H90Br3ClF4IN3O13S6. The van der Waals surface area contributed by atoms with Gasteiger partial charge in [0.1, 0.15) is 12.3 Å². The second-order valence-corrected chi connectivity index (χ2v) is 34.2. The van der Waals surface area contributed by atoms with Crippen LogP contribution in [0.1, 0.15) is 159 Å². The third-order valence-electron chi connectivity index (χ3n) is 13.7. The number of alkyl carbamates (subject to hydrolysis) is 1. The number of carbonyl (C=O) groups excluding carboxylic acids is 2. The van der Waals surface area contributed by atoms with Gasteiger partial charge in [-0.15, -0.1) is 24.4 Å². The van der Waals surface area contributed by atoms with Gasteiger partial charge in [0.05, 0.1) is 79.8 Å². The van der Waals surface area contributed by atoms with E-state index in [1.165, 1.54) is 112 Å². The van der Waals surface area contributed by atoms with Gasteiger partial charge in [0.2, 0.25) is 0 Å². The van der Waals surface area contributed by atoms with Gasteiger partial charge in [-0.3, -0.25) is 4.79 Å². The summed E-state index contributed by atoms with van der Waals surface area (Å²) in [5.74, 6) is -0.673. The molecule has 0 aliphatic heterocycles. The molecule has 0 aliphatic carbocycles. The first kappa shape index (κ1) is 59.1. The third-order valence-corrected chi connectivity index (χ3v) is 21.1. The third kappa shape index (κ3) is 33.5. The number of sulfone groups is 4. The van der Waals surface area contributed by atoms with Gasteiger partial charge in [-0.1, -0.05) is 178 Å². The van der Waals surface area contributed by atoms with Crippen molar-refractivity contribution in [2.24, 2.45) is 0 Å². The summed E-state index contributed by atoms with van der Waals surface area (Å²) in [4.78, 5) is 24.7. The Morgan fingerprint density at radius 1 is 0.633 bits per heavy atom. The number of carbonyl (C=O) groups is 2. The summed E-state index contributed by atoms with van der Waals surface area (Å²) in [7, 11) is -18.9. The summed E-state index contributed by atoms with van der Waals surface area (Å²) in [5, 5.41) is 24.8. The second kappa shape index (κ2) is 47.2. The summed E-state index contributed by atoms with van der Waals surface area (Å²) >= 11 is 21.5. The number of aryl methyl sites for hydroxylation is 1. The van der Waals surface area contributed by atoms with Crippen molar-refractivity contribution in [3.63, 3.8) is 0 Å². The molecule has 0 saturated carbocycles. The predicted octanol–water partition coefficient (Wildman–Crippen LogP) is 20.3. The molecule has 2 atom stereocenters. The Bertz CT molecular complexity index is 6100. The number of benzene rings is 8. The van der Waals surface area contributed by atoms with Gasteiger partial charge in [-0.25, -0.2) is 42.9 Å². The zero-order chi connectivity index (χ0) is 108. The predicted molar refractivity (Wildman–Crippen MR) is 455 cm³/mol. The number of thioether (sulfide) groups is 1. The van der Waals surface area contributed by atoms with Crippen molar-refractivity contribution in [2.75, 3.05) is 52.8 Å². The van der Waals surface area contributed by atoms with Crippen LogP contribution in [0.25, 0.3) is 17.0 Å². The molecule has 0 bridgehead atoms. The first-order valence-electron chi connectivity index (χ1n) is 45.4. The highest BCUT2D eigenvalue weighted by Gasteiger charge is 2.34. The number of thiol groups is 1. The summed E-state index contributed by atoms with van der Waals surface area (Å²) in [6.07, 6.45) is -4.16. The lowest BCUT2D eigenvalue weighted by Crippen LogP contribution is -2.36. The van der Waals surface area contributed by atoms with Crippen LogP contribution in [-0.4, -0.2) is 119 Å². The maximum atomic E-state index is 13.7. The molecule has 0 saturated heterocycles. The Hall–Kier alpha value is -5.62. The molecule has 1 unspecified atom stereocenters. The SMILES string of the molecule is Sc1ccc(Br)cc1.[2H]C([2H])([2H])C([2H])([2H])I.[2H]C([2H])([2H])C([2H])([2H])S(=O)(=O)c1ccc(Br)cc1.[2H]C([2H])([2H])C([2H])([2H])S(=O)(=O)c1ccc(C(CO)NC(=O)OC(C)(C)C)cc1.[2H]C([2H])([2H])C([2H])([2H])S(=O)(=O)c1ccc(C=C)cc1.[2H]C([2H])([2H])C([2H])([2H])S(=O)(=O)c1ccc([C@H](CO)NC(=O)c2ccc3c(c2)cc(Cc2ccc(Cl)cc2C(F)(F)F)n3CCF)cc1.[2H]C([2H])([2H])C([2H])([2H])Sc1ccc(Br)cc1. The zero-order valence-corrected chi connectivity index (χ0v) is 69.7. The standard InChI is InChI=1S/C29H27ClF4N2O4S.C15H23NO5S.C10H12O2S.C8H9BrO2S.C8H9BrS.C6H5BrS.C2H5I/c1-2-41(39,40)24-8-4-18(5-9-24)26(17-37)35-28(38)20-6-10-27-21(13-20)15-23(36(27)12-11-31)14-19-3-7-22(30)16-25(19)29(32,33)34;1-5-22(19,20)12-8-6-11(7-9-12)13(10-17)16-14(18)21-15(2,3)4;1-3-9-5-7-10(8-6-9)13(11,12)4-2;1-2-12(10,11)8-5-3-7(9)4-6-8;1-2-10-8-5-3-7(9)4-6-8;7-5-1-3-6(8)4-2-5;1-2-3/h3-10,13,15-16,26,37H,2,11-12,14,17H2,1H3,(H,35,38);6-9,13,17H,5,10H2,1-4H3,(H,16,18);3,5-8H,1,4H2,2H3;3-6H,2H2,1H3;3-6H,2H2,1H3;1-4,8H;2H2,1H3/t26-;;;;;;/m0....../s1/i1D3,2D2;1D3,5D2;2D3,4D2;2*1D3,2D2;;1D3,2D2. The fraction of sp³-hybridized carbons (Fsp3) is 0.308. The molecule has 594 valence electrons. The molecule has 0 fully saturated rings. The van der Waals surface area contributed by atoms with Crippen LogP contribution in [-0.2, 0) is 63.2 Å². The van der Waals surface area contributed by atoms with Crippen molar-refractivity contribution in [1.29, 1.82) is 0 Å². The number of hydrogen-bond donors (Lipinski definition) is 5. The van der Waals surface area contributed by atoms with Crippen molar-refractivity contribution in [3.8, 4) is 0 Å². The molecule has 1 heterocycles. The highest BCUT2D eigenvalue weighted by atomic mass is 127. The average molecular weight is 1980 g/mol. The lowest BCUT2D eigenvalue weighted by molar-refractivity contribution is -0.138. The van der Waals surface area contributed by atoms with E-state index in [2.05, 4.69) is 77.6 Å². The van der Waals surface area contributed by atoms with Crippen LogP contribution in [0.4, 0.5) is 22.4 Å². The monoisotopic (exact) mass is 1970 g/mol. The maximum absolute atomic E-state index is 13.7. The molecule has 0 spiro atoms. The van der Waals surface area contributed by atoms with E-state index in [1.54, 1.807) is 51.1 Å². The van der Waals surface area contributed by atoms with Crippen LogP contribution >= 0.6 is 106 Å². The Labute approximate surface area is 734 Å². The summed E-state index contributed by atoms with van der Waals surface area (Å²) in [6.45, 7) is -12.0. The van der Waals surface area contributed by atoms with Crippen LogP contribution in [0.2, 0.25) is 5.02 Å². The van der Waals surface area contributed by atoms with Crippen molar-refractivity contribution >= 4 is 175 Å². The molecule has 0 radical (unpaired) electrons. The molecule has 109 heavy (non-hydrogen) atoms. The van der Waals surface area contributed by atoms with Gasteiger partial charge in [0.15, 0.2) is 39.3 Å². The molecule has 9 aromatic rings. The lowest BCUT2D eigenvalue weighted by atomic mass is 10.0. The van der Waals surface area contributed by atoms with Gasteiger partial charge >= 0.3 is 12.3 Å². The number of nitrogens with zero attached hydrogens (tertiary/aromatic N) is 1. The van der Waals surface area contributed by atoms with E-state index in [0.29, 0.717) is 48.9 Å². The number of aromatic nitrogens is 1.